The van der Waals surface area contributed by atoms with Crippen molar-refractivity contribution in [2.75, 3.05) is 11.9 Å². The number of imidazole rings is 1. The molecule has 0 unspecified atom stereocenters. The quantitative estimate of drug-likeness (QED) is 0.667. The lowest BCUT2D eigenvalue weighted by Gasteiger charge is -2.24. The minimum Gasteiger partial charge on any atom is -0.464 e. The number of nitrogens with one attached hydrogen (secondary N) is 2. The Balaban J connectivity index is 1.53. The summed E-state index contributed by atoms with van der Waals surface area (Å²) in [5.74, 6) is 1.24. The van der Waals surface area contributed by atoms with Gasteiger partial charge in [-0.15, -0.1) is 0 Å². The molecular formula is C16H17ClN6O. The number of H-pyrrole nitrogens is 1. The van der Waals surface area contributed by atoms with Crippen LogP contribution >= 0.6 is 11.6 Å². The summed E-state index contributed by atoms with van der Waals surface area (Å²) in [6, 6.07) is 4.33. The molecule has 0 radical (unpaired) electrons. The lowest BCUT2D eigenvalue weighted by molar-refractivity contribution is 0.171. The van der Waals surface area contributed by atoms with Crippen LogP contribution in [0.1, 0.15) is 24.8 Å². The van der Waals surface area contributed by atoms with Crippen LogP contribution in [0.2, 0.25) is 5.28 Å². The average molecular weight is 345 g/mol. The van der Waals surface area contributed by atoms with Gasteiger partial charge in [0.15, 0.2) is 11.5 Å². The number of aromatic nitrogens is 5. The first-order valence-corrected chi connectivity index (χ1v) is 8.34. The summed E-state index contributed by atoms with van der Waals surface area (Å²) in [6.07, 6.45) is 7.25. The van der Waals surface area contributed by atoms with Crippen molar-refractivity contribution in [3.63, 3.8) is 0 Å². The number of hydrogen-bond acceptors (Lipinski definition) is 6. The lowest BCUT2D eigenvalue weighted by atomic mass is 9.86. The monoisotopic (exact) mass is 344 g/mol. The first-order chi connectivity index (χ1) is 11.8. The highest BCUT2D eigenvalue weighted by Crippen LogP contribution is 2.28. The van der Waals surface area contributed by atoms with E-state index in [0.29, 0.717) is 42.1 Å². The van der Waals surface area contributed by atoms with Gasteiger partial charge in [-0.1, -0.05) is 6.42 Å². The average Bonchev–Trinajstić information content (AvgIpc) is 2.95. The minimum absolute atomic E-state index is 0.150. The number of pyridine rings is 1. The molecule has 0 saturated heterocycles. The van der Waals surface area contributed by atoms with Gasteiger partial charge in [0.25, 0.3) is 6.01 Å². The lowest BCUT2D eigenvalue weighted by Crippen LogP contribution is -2.19. The summed E-state index contributed by atoms with van der Waals surface area (Å²) in [4.78, 5) is 19.9. The van der Waals surface area contributed by atoms with Crippen molar-refractivity contribution in [1.82, 2.24) is 24.9 Å². The zero-order chi connectivity index (χ0) is 16.4. The second-order valence-corrected chi connectivity index (χ2v) is 6.24. The molecule has 7 nitrogen and oxygen atoms in total. The number of nitrogens with zero attached hydrogens (tertiary/aromatic N) is 4. The predicted molar refractivity (Wildman–Crippen MR) is 91.1 cm³/mol. The van der Waals surface area contributed by atoms with Gasteiger partial charge in [0.2, 0.25) is 5.28 Å². The van der Waals surface area contributed by atoms with Crippen LogP contribution in [-0.2, 0) is 6.54 Å². The van der Waals surface area contributed by atoms with E-state index in [-0.39, 0.29) is 5.28 Å². The zero-order valence-electron chi connectivity index (χ0n) is 13.0. The molecule has 124 valence electrons. The number of rotatable bonds is 6. The number of ether oxygens (including phenoxy) is 1. The highest BCUT2D eigenvalue weighted by atomic mass is 35.5. The van der Waals surface area contributed by atoms with Crippen LogP contribution in [0, 0.1) is 5.92 Å². The highest BCUT2D eigenvalue weighted by Gasteiger charge is 2.19. The van der Waals surface area contributed by atoms with E-state index >= 15 is 0 Å². The summed E-state index contributed by atoms with van der Waals surface area (Å²) in [5.41, 5.74) is 2.28. The third-order valence-electron chi connectivity index (χ3n) is 4.19. The van der Waals surface area contributed by atoms with Gasteiger partial charge in [-0.2, -0.15) is 15.0 Å². The number of hydrogen-bond donors (Lipinski definition) is 2. The fraction of sp³-hybridized carbons (Fsp3) is 0.375. The third kappa shape index (κ3) is 3.26. The van der Waals surface area contributed by atoms with E-state index in [1.807, 2.05) is 12.1 Å². The number of fused-ring (bicyclic) bond motifs is 1. The van der Waals surface area contributed by atoms with E-state index < -0.39 is 0 Å². The Morgan fingerprint density at radius 3 is 2.79 bits per heavy atom. The molecule has 3 aromatic heterocycles. The molecule has 0 amide bonds. The molecule has 0 atom stereocenters. The molecule has 0 aromatic carbocycles. The molecule has 24 heavy (non-hydrogen) atoms. The molecule has 2 N–H and O–H groups in total. The highest BCUT2D eigenvalue weighted by molar-refractivity contribution is 6.28. The predicted octanol–water partition coefficient (Wildman–Crippen LogP) is 3.19. The maximum Gasteiger partial charge on any atom is 0.296 e. The molecule has 1 fully saturated rings. The maximum absolute atomic E-state index is 6.01. The summed E-state index contributed by atoms with van der Waals surface area (Å²) in [5, 5.41) is 3.40. The van der Waals surface area contributed by atoms with Crippen LogP contribution in [-0.4, -0.2) is 31.5 Å². The van der Waals surface area contributed by atoms with Crippen LogP contribution in [0.5, 0.6) is 6.01 Å². The van der Waals surface area contributed by atoms with Gasteiger partial charge in [-0.25, -0.2) is 0 Å². The van der Waals surface area contributed by atoms with Gasteiger partial charge >= 0.3 is 0 Å². The van der Waals surface area contributed by atoms with Crippen molar-refractivity contribution >= 4 is 28.6 Å². The first-order valence-electron chi connectivity index (χ1n) is 7.97. The van der Waals surface area contributed by atoms with Gasteiger partial charge in [-0.3, -0.25) is 4.98 Å². The summed E-state index contributed by atoms with van der Waals surface area (Å²) in [6.45, 7) is 1.28. The van der Waals surface area contributed by atoms with Crippen molar-refractivity contribution in [1.29, 1.82) is 0 Å². The topological polar surface area (TPSA) is 88.6 Å². The number of aromatic amines is 1. The van der Waals surface area contributed by atoms with Gasteiger partial charge in [0.1, 0.15) is 5.52 Å². The molecule has 1 aliphatic carbocycles. The molecule has 3 aromatic rings. The fourth-order valence-corrected chi connectivity index (χ4v) is 2.75. The maximum atomic E-state index is 6.01. The van der Waals surface area contributed by atoms with Crippen molar-refractivity contribution in [2.24, 2.45) is 5.92 Å². The van der Waals surface area contributed by atoms with E-state index in [0.717, 1.165) is 5.56 Å². The molecule has 8 heteroatoms. The molecule has 4 rings (SSSR count). The Morgan fingerprint density at radius 2 is 2.04 bits per heavy atom. The van der Waals surface area contributed by atoms with E-state index in [9.17, 15) is 0 Å². The third-order valence-corrected chi connectivity index (χ3v) is 4.36. The second-order valence-electron chi connectivity index (χ2n) is 5.90. The fourth-order valence-electron chi connectivity index (χ4n) is 2.59. The van der Waals surface area contributed by atoms with E-state index in [2.05, 4.69) is 30.2 Å². The summed E-state index contributed by atoms with van der Waals surface area (Å²) < 4.78 is 5.74. The van der Waals surface area contributed by atoms with Crippen molar-refractivity contribution in [3.05, 3.63) is 35.4 Å². The van der Waals surface area contributed by atoms with E-state index in [1.165, 1.54) is 19.3 Å². The Kier molecular flexibility index (Phi) is 4.17. The number of halogens is 1. The summed E-state index contributed by atoms with van der Waals surface area (Å²) >= 11 is 6.01. The Labute approximate surface area is 143 Å². The SMILES string of the molecule is Clc1nc(NCc2ccncc2)c2[nH]c(OCC3CCC3)nc2n1. The van der Waals surface area contributed by atoms with Crippen LogP contribution in [0.15, 0.2) is 24.5 Å². The van der Waals surface area contributed by atoms with Crippen LogP contribution < -0.4 is 10.1 Å². The second kappa shape index (κ2) is 6.60. The van der Waals surface area contributed by atoms with Gasteiger partial charge in [0.05, 0.1) is 6.61 Å². The molecule has 1 aliphatic rings. The Hall–Kier alpha value is -2.41. The van der Waals surface area contributed by atoms with Gasteiger partial charge < -0.3 is 15.0 Å². The molecular weight excluding hydrogens is 328 g/mol. The standard InChI is InChI=1S/C16H17ClN6O/c17-15-21-13(19-8-10-4-6-18-7-5-10)12-14(22-15)23-16(20-12)24-9-11-2-1-3-11/h4-7,11H,1-3,8-9H2,(H2,19,20,21,22,23). The largest absolute Gasteiger partial charge is 0.464 e. The number of anilines is 1. The molecule has 0 aliphatic heterocycles. The zero-order valence-corrected chi connectivity index (χ0v) is 13.8. The van der Waals surface area contributed by atoms with Gasteiger partial charge in [-0.05, 0) is 48.1 Å². The van der Waals surface area contributed by atoms with E-state index in [4.69, 9.17) is 16.3 Å². The van der Waals surface area contributed by atoms with Crippen LogP contribution in [0.25, 0.3) is 11.2 Å². The Morgan fingerprint density at radius 1 is 1.21 bits per heavy atom. The van der Waals surface area contributed by atoms with E-state index in [1.54, 1.807) is 12.4 Å². The minimum atomic E-state index is 0.150. The smallest absolute Gasteiger partial charge is 0.296 e. The van der Waals surface area contributed by atoms with Crippen molar-refractivity contribution in [2.45, 2.75) is 25.8 Å². The first kappa shape index (κ1) is 15.1. The molecule has 1 saturated carbocycles. The Bertz CT molecular complexity index is 833. The normalized spacial score (nSPS) is 14.5. The van der Waals surface area contributed by atoms with Crippen LogP contribution in [0.4, 0.5) is 5.82 Å². The summed E-state index contributed by atoms with van der Waals surface area (Å²) in [7, 11) is 0. The van der Waals surface area contributed by atoms with Crippen LogP contribution in [0.3, 0.4) is 0 Å². The van der Waals surface area contributed by atoms with Crippen molar-refractivity contribution < 1.29 is 4.74 Å². The molecule has 0 spiro atoms. The molecule has 0 bridgehead atoms. The van der Waals surface area contributed by atoms with Crippen molar-refractivity contribution in [3.8, 4) is 6.01 Å². The molecule has 3 heterocycles. The van der Waals surface area contributed by atoms with Gasteiger partial charge in [0, 0.05) is 18.9 Å².